The second kappa shape index (κ2) is 5.64. The fraction of sp³-hybridized carbons (Fsp3) is 0.625. The lowest BCUT2D eigenvalue weighted by Gasteiger charge is -2.37. The molecule has 0 saturated carbocycles. The van der Waals surface area contributed by atoms with Crippen molar-refractivity contribution in [1.82, 2.24) is 4.98 Å². The van der Waals surface area contributed by atoms with Gasteiger partial charge in [-0.15, -0.1) is 0 Å². The minimum Gasteiger partial charge on any atom is -0.384 e. The van der Waals surface area contributed by atoms with Crippen molar-refractivity contribution < 1.29 is 4.74 Å². The van der Waals surface area contributed by atoms with Crippen molar-refractivity contribution in [1.29, 1.82) is 5.41 Å². The van der Waals surface area contributed by atoms with Crippen molar-refractivity contribution in [3.8, 4) is 0 Å². The quantitative estimate of drug-likeness (QED) is 0.643. The van der Waals surface area contributed by atoms with Crippen LogP contribution in [0, 0.1) is 5.41 Å². The lowest BCUT2D eigenvalue weighted by molar-refractivity contribution is -0.00548. The highest BCUT2D eigenvalue weighted by atomic mass is 16.5. The lowest BCUT2D eigenvalue weighted by atomic mass is 9.94. The summed E-state index contributed by atoms with van der Waals surface area (Å²) >= 11 is 0. The van der Waals surface area contributed by atoms with Gasteiger partial charge in [-0.25, -0.2) is 4.98 Å². The normalized spacial score (nSPS) is 25.5. The predicted octanol–water partition coefficient (Wildman–Crippen LogP) is 1.86. The SMILES string of the molecule is C[C@@H]1CN(c2nc3c(cc2C(=N)N)CCCC3)C[C@H](C)O1. The number of anilines is 1. The Bertz CT molecular complexity index is 547. The van der Waals surface area contributed by atoms with Crippen molar-refractivity contribution in [2.45, 2.75) is 51.7 Å². The first-order chi connectivity index (χ1) is 10.0. The summed E-state index contributed by atoms with van der Waals surface area (Å²) in [5, 5.41) is 7.89. The first-order valence-electron chi connectivity index (χ1n) is 7.82. The molecule has 1 aromatic heterocycles. The zero-order chi connectivity index (χ0) is 15.0. The molecule has 1 aromatic rings. The van der Waals surface area contributed by atoms with E-state index >= 15 is 0 Å². The van der Waals surface area contributed by atoms with Crippen LogP contribution in [0.2, 0.25) is 0 Å². The molecule has 114 valence electrons. The third kappa shape index (κ3) is 2.88. The predicted molar refractivity (Wildman–Crippen MR) is 84.1 cm³/mol. The number of nitrogens with two attached hydrogens (primary N) is 1. The molecule has 1 aliphatic heterocycles. The third-order valence-electron chi connectivity index (χ3n) is 4.29. The summed E-state index contributed by atoms with van der Waals surface area (Å²) in [7, 11) is 0. The van der Waals surface area contributed by atoms with E-state index in [2.05, 4.69) is 24.8 Å². The highest BCUT2D eigenvalue weighted by Gasteiger charge is 2.27. The van der Waals surface area contributed by atoms with Crippen LogP contribution in [0.1, 0.15) is 43.5 Å². The first-order valence-corrected chi connectivity index (χ1v) is 7.82. The van der Waals surface area contributed by atoms with Gasteiger partial charge in [0, 0.05) is 18.8 Å². The van der Waals surface area contributed by atoms with E-state index in [4.69, 9.17) is 20.9 Å². The molecular weight excluding hydrogens is 264 g/mol. The summed E-state index contributed by atoms with van der Waals surface area (Å²) in [4.78, 5) is 7.10. The summed E-state index contributed by atoms with van der Waals surface area (Å²) in [6.45, 7) is 5.76. The highest BCUT2D eigenvalue weighted by molar-refractivity contribution is 6.00. The van der Waals surface area contributed by atoms with Crippen LogP contribution in [-0.2, 0) is 17.6 Å². The Morgan fingerprint density at radius 2 is 1.95 bits per heavy atom. The number of pyridine rings is 1. The van der Waals surface area contributed by atoms with Crippen LogP contribution in [0.15, 0.2) is 6.07 Å². The van der Waals surface area contributed by atoms with E-state index in [-0.39, 0.29) is 18.0 Å². The average molecular weight is 288 g/mol. The van der Waals surface area contributed by atoms with Crippen LogP contribution >= 0.6 is 0 Å². The monoisotopic (exact) mass is 288 g/mol. The Labute approximate surface area is 126 Å². The minimum absolute atomic E-state index is 0.109. The molecule has 1 fully saturated rings. The maximum absolute atomic E-state index is 7.89. The summed E-state index contributed by atoms with van der Waals surface area (Å²) < 4.78 is 5.80. The number of hydrogen-bond donors (Lipinski definition) is 2. The molecule has 5 heteroatoms. The van der Waals surface area contributed by atoms with Gasteiger partial charge in [-0.3, -0.25) is 5.41 Å². The van der Waals surface area contributed by atoms with E-state index < -0.39 is 0 Å². The smallest absolute Gasteiger partial charge is 0.140 e. The summed E-state index contributed by atoms with van der Waals surface area (Å²) in [6.07, 6.45) is 4.85. The number of nitrogen functional groups attached to an aromatic ring is 1. The molecule has 0 radical (unpaired) electrons. The molecular formula is C16H24N4O. The van der Waals surface area contributed by atoms with E-state index in [1.807, 2.05) is 0 Å². The standard InChI is InChI=1S/C16H24N4O/c1-10-8-20(9-11(2)21-10)16-13(15(17)18)7-12-5-3-4-6-14(12)19-16/h7,10-11H,3-6,8-9H2,1-2H3,(H3,17,18)/t10-,11+. The zero-order valence-corrected chi connectivity index (χ0v) is 12.9. The topological polar surface area (TPSA) is 75.2 Å². The largest absolute Gasteiger partial charge is 0.384 e. The molecule has 1 saturated heterocycles. The van der Waals surface area contributed by atoms with Gasteiger partial charge in [0.1, 0.15) is 11.7 Å². The fourth-order valence-corrected chi connectivity index (χ4v) is 3.41. The second-order valence-corrected chi connectivity index (χ2v) is 6.25. The maximum atomic E-state index is 7.89. The third-order valence-corrected chi connectivity index (χ3v) is 4.29. The van der Waals surface area contributed by atoms with Crippen molar-refractivity contribution in [2.75, 3.05) is 18.0 Å². The number of aryl methyl sites for hydroxylation is 2. The molecule has 0 aromatic carbocycles. The Morgan fingerprint density at radius 3 is 2.62 bits per heavy atom. The van der Waals surface area contributed by atoms with Crippen LogP contribution in [0.3, 0.4) is 0 Å². The van der Waals surface area contributed by atoms with Gasteiger partial charge in [-0.05, 0) is 51.2 Å². The molecule has 0 spiro atoms. The van der Waals surface area contributed by atoms with Crippen LogP contribution in [0.4, 0.5) is 5.82 Å². The van der Waals surface area contributed by atoms with Crippen molar-refractivity contribution in [2.24, 2.45) is 5.73 Å². The van der Waals surface area contributed by atoms with Crippen molar-refractivity contribution in [3.05, 3.63) is 22.9 Å². The molecule has 2 heterocycles. The lowest BCUT2D eigenvalue weighted by Crippen LogP contribution is -2.46. The molecule has 0 unspecified atom stereocenters. The number of amidine groups is 1. The number of rotatable bonds is 2. The maximum Gasteiger partial charge on any atom is 0.140 e. The molecule has 0 amide bonds. The number of nitrogens with zero attached hydrogens (tertiary/aromatic N) is 2. The van der Waals surface area contributed by atoms with Gasteiger partial charge >= 0.3 is 0 Å². The van der Waals surface area contributed by atoms with Crippen molar-refractivity contribution >= 4 is 11.7 Å². The van der Waals surface area contributed by atoms with Crippen LogP contribution in [-0.4, -0.2) is 36.1 Å². The number of fused-ring (bicyclic) bond motifs is 1. The Kier molecular flexibility index (Phi) is 3.85. The molecule has 5 nitrogen and oxygen atoms in total. The Hall–Kier alpha value is -1.62. The van der Waals surface area contributed by atoms with Gasteiger partial charge in [0.15, 0.2) is 0 Å². The Balaban J connectivity index is 2.01. The van der Waals surface area contributed by atoms with Gasteiger partial charge in [-0.2, -0.15) is 0 Å². The molecule has 3 rings (SSSR count). The van der Waals surface area contributed by atoms with Crippen LogP contribution in [0.5, 0.6) is 0 Å². The molecule has 1 aliphatic carbocycles. The Morgan fingerprint density at radius 1 is 1.29 bits per heavy atom. The molecule has 2 aliphatic rings. The molecule has 3 N–H and O–H groups in total. The highest BCUT2D eigenvalue weighted by Crippen LogP contribution is 2.28. The van der Waals surface area contributed by atoms with E-state index in [9.17, 15) is 0 Å². The second-order valence-electron chi connectivity index (χ2n) is 6.25. The number of ether oxygens (including phenoxy) is 1. The zero-order valence-electron chi connectivity index (χ0n) is 12.9. The van der Waals surface area contributed by atoms with Gasteiger partial charge < -0.3 is 15.4 Å². The van der Waals surface area contributed by atoms with E-state index in [1.54, 1.807) is 0 Å². The number of morpholine rings is 1. The van der Waals surface area contributed by atoms with Crippen molar-refractivity contribution in [3.63, 3.8) is 0 Å². The first kappa shape index (κ1) is 14.3. The van der Waals surface area contributed by atoms with Gasteiger partial charge in [0.2, 0.25) is 0 Å². The van der Waals surface area contributed by atoms with Gasteiger partial charge in [-0.1, -0.05) is 0 Å². The number of aromatic nitrogens is 1. The molecule has 21 heavy (non-hydrogen) atoms. The summed E-state index contributed by atoms with van der Waals surface area (Å²) in [5.41, 5.74) is 9.04. The summed E-state index contributed by atoms with van der Waals surface area (Å²) in [6, 6.07) is 2.09. The summed E-state index contributed by atoms with van der Waals surface area (Å²) in [5.74, 6) is 0.975. The molecule has 2 atom stereocenters. The minimum atomic E-state index is 0.109. The molecule has 0 bridgehead atoms. The van der Waals surface area contributed by atoms with E-state index in [0.717, 1.165) is 37.3 Å². The average Bonchev–Trinajstić information content (AvgIpc) is 2.44. The van der Waals surface area contributed by atoms with Gasteiger partial charge in [0.25, 0.3) is 0 Å². The van der Waals surface area contributed by atoms with E-state index in [1.165, 1.54) is 24.1 Å². The van der Waals surface area contributed by atoms with E-state index in [0.29, 0.717) is 0 Å². The fourth-order valence-electron chi connectivity index (χ4n) is 3.41. The van der Waals surface area contributed by atoms with Crippen LogP contribution in [0.25, 0.3) is 0 Å². The van der Waals surface area contributed by atoms with Gasteiger partial charge in [0.05, 0.1) is 17.8 Å². The number of nitrogens with one attached hydrogen (secondary N) is 1. The number of hydrogen-bond acceptors (Lipinski definition) is 4. The van der Waals surface area contributed by atoms with Crippen LogP contribution < -0.4 is 10.6 Å².